The molecular formula is C27H35F3N4O. The number of likely N-dealkylation sites (tertiary alicyclic amines) is 1. The van der Waals surface area contributed by atoms with Crippen LogP contribution in [0.4, 0.5) is 13.2 Å². The largest absolute Gasteiger partial charge is 0.485 e. The molecule has 8 heteroatoms. The van der Waals surface area contributed by atoms with Gasteiger partial charge in [0.15, 0.2) is 11.6 Å². The van der Waals surface area contributed by atoms with Gasteiger partial charge in [-0.25, -0.2) is 13.8 Å². The number of nitrogens with zero attached hydrogens (tertiary/aromatic N) is 2. The molecular weight excluding hydrogens is 453 g/mol. The number of ether oxygens (including phenoxy) is 1. The molecule has 5 nitrogen and oxygen atoms in total. The fourth-order valence-electron chi connectivity index (χ4n) is 5.70. The molecule has 0 amide bonds. The van der Waals surface area contributed by atoms with E-state index in [0.29, 0.717) is 5.56 Å². The van der Waals surface area contributed by atoms with Crippen molar-refractivity contribution in [2.45, 2.75) is 63.1 Å². The number of hydrogen-bond donors (Lipinski definition) is 2. The quantitative estimate of drug-likeness (QED) is 0.513. The molecule has 3 heterocycles. The zero-order valence-electron chi connectivity index (χ0n) is 20.1. The number of aromatic nitrogens is 1. The molecule has 1 aliphatic carbocycles. The van der Waals surface area contributed by atoms with E-state index in [9.17, 15) is 13.2 Å². The maximum Gasteiger partial charge on any atom is 0.219 e. The number of hydrogen-bond acceptors (Lipinski definition) is 5. The summed E-state index contributed by atoms with van der Waals surface area (Å²) in [5, 5.41) is 7.03. The van der Waals surface area contributed by atoms with Crippen molar-refractivity contribution in [1.29, 1.82) is 0 Å². The third-order valence-corrected chi connectivity index (χ3v) is 7.87. The minimum atomic E-state index is -0.754. The first kappa shape index (κ1) is 24.5. The zero-order chi connectivity index (χ0) is 24.2. The van der Waals surface area contributed by atoms with Gasteiger partial charge in [-0.05, 0) is 95.4 Å². The summed E-state index contributed by atoms with van der Waals surface area (Å²) in [6.07, 6.45) is 8.31. The smallest absolute Gasteiger partial charge is 0.219 e. The maximum absolute atomic E-state index is 14.6. The van der Waals surface area contributed by atoms with Crippen molar-refractivity contribution in [1.82, 2.24) is 20.5 Å². The molecule has 3 aliphatic rings. The summed E-state index contributed by atoms with van der Waals surface area (Å²) in [6, 6.07) is 6.24. The van der Waals surface area contributed by atoms with E-state index >= 15 is 0 Å². The molecule has 1 aromatic heterocycles. The predicted molar refractivity (Wildman–Crippen MR) is 129 cm³/mol. The highest BCUT2D eigenvalue weighted by atomic mass is 19.1. The van der Waals surface area contributed by atoms with Crippen LogP contribution in [0.15, 0.2) is 30.5 Å². The molecule has 5 rings (SSSR count). The average molecular weight is 489 g/mol. The van der Waals surface area contributed by atoms with E-state index in [1.807, 2.05) is 0 Å². The van der Waals surface area contributed by atoms with Crippen LogP contribution in [0.3, 0.4) is 0 Å². The highest BCUT2D eigenvalue weighted by Crippen LogP contribution is 2.46. The van der Waals surface area contributed by atoms with Gasteiger partial charge < -0.3 is 20.3 Å². The molecule has 190 valence electrons. The van der Waals surface area contributed by atoms with Gasteiger partial charge in [-0.1, -0.05) is 0 Å². The van der Waals surface area contributed by atoms with Crippen LogP contribution in [-0.2, 0) is 6.61 Å². The number of halogens is 3. The van der Waals surface area contributed by atoms with Crippen LogP contribution < -0.4 is 15.4 Å². The molecule has 0 spiro atoms. The Morgan fingerprint density at radius 1 is 1.09 bits per heavy atom. The molecule has 0 bridgehead atoms. The van der Waals surface area contributed by atoms with Gasteiger partial charge in [0.1, 0.15) is 12.4 Å². The Kier molecular flexibility index (Phi) is 7.90. The van der Waals surface area contributed by atoms with Gasteiger partial charge in [0.25, 0.3) is 0 Å². The van der Waals surface area contributed by atoms with Crippen molar-refractivity contribution in [3.8, 4) is 5.75 Å². The Hall–Kier alpha value is -2.16. The van der Waals surface area contributed by atoms with Crippen LogP contribution in [-0.4, -0.2) is 54.7 Å². The lowest BCUT2D eigenvalue weighted by Gasteiger charge is -2.39. The van der Waals surface area contributed by atoms with Crippen molar-refractivity contribution in [2.75, 3.05) is 32.7 Å². The molecule has 0 radical (unpaired) electrons. The van der Waals surface area contributed by atoms with Gasteiger partial charge in [-0.2, -0.15) is 4.39 Å². The molecule has 3 fully saturated rings. The van der Waals surface area contributed by atoms with Crippen molar-refractivity contribution < 1.29 is 17.9 Å². The SMILES string of the molecule is Fc1cc(F)c(OCc2cccnc2F)c([C@@H]2C[C@H]2NCCC2CCN(C3CCNCC3)CC2)c1. The first-order valence-electron chi connectivity index (χ1n) is 13.0. The van der Waals surface area contributed by atoms with Crippen molar-refractivity contribution in [3.63, 3.8) is 0 Å². The van der Waals surface area contributed by atoms with Crippen LogP contribution >= 0.6 is 0 Å². The van der Waals surface area contributed by atoms with E-state index in [4.69, 9.17) is 4.74 Å². The average Bonchev–Trinajstić information content (AvgIpc) is 3.64. The molecule has 2 aliphatic heterocycles. The second-order valence-corrected chi connectivity index (χ2v) is 10.2. The van der Waals surface area contributed by atoms with Crippen LogP contribution in [0.2, 0.25) is 0 Å². The van der Waals surface area contributed by atoms with Crippen LogP contribution in [0, 0.1) is 23.5 Å². The first-order valence-corrected chi connectivity index (χ1v) is 13.0. The van der Waals surface area contributed by atoms with E-state index in [1.54, 1.807) is 12.1 Å². The van der Waals surface area contributed by atoms with E-state index < -0.39 is 17.6 Å². The van der Waals surface area contributed by atoms with Crippen molar-refractivity contribution in [3.05, 3.63) is 59.2 Å². The Bertz CT molecular complexity index is 992. The summed E-state index contributed by atoms with van der Waals surface area (Å²) in [4.78, 5) is 6.27. The third kappa shape index (κ3) is 6.16. The maximum atomic E-state index is 14.6. The normalized spacial score (nSPS) is 24.0. The minimum absolute atomic E-state index is 0.00398. The van der Waals surface area contributed by atoms with Gasteiger partial charge in [0.2, 0.25) is 5.95 Å². The molecule has 2 atom stereocenters. The Morgan fingerprint density at radius 3 is 2.66 bits per heavy atom. The first-order chi connectivity index (χ1) is 17.1. The minimum Gasteiger partial charge on any atom is -0.485 e. The third-order valence-electron chi connectivity index (χ3n) is 7.87. The topological polar surface area (TPSA) is 49.4 Å². The molecule has 2 aromatic rings. The molecule has 35 heavy (non-hydrogen) atoms. The predicted octanol–water partition coefficient (Wildman–Crippen LogP) is 4.38. The van der Waals surface area contributed by atoms with Crippen LogP contribution in [0.1, 0.15) is 55.6 Å². The van der Waals surface area contributed by atoms with Gasteiger partial charge in [0.05, 0.1) is 0 Å². The van der Waals surface area contributed by atoms with E-state index in [2.05, 4.69) is 20.5 Å². The van der Waals surface area contributed by atoms with E-state index in [1.165, 1.54) is 51.0 Å². The molecule has 1 saturated carbocycles. The Balaban J connectivity index is 1.10. The van der Waals surface area contributed by atoms with Crippen molar-refractivity contribution >= 4 is 0 Å². The van der Waals surface area contributed by atoms with E-state index in [0.717, 1.165) is 50.5 Å². The summed E-state index contributed by atoms with van der Waals surface area (Å²) in [5.74, 6) is -1.29. The molecule has 2 N–H and O–H groups in total. The monoisotopic (exact) mass is 488 g/mol. The summed E-state index contributed by atoms with van der Waals surface area (Å²) < 4.78 is 48.1. The summed E-state index contributed by atoms with van der Waals surface area (Å²) in [6.45, 7) is 5.42. The fourth-order valence-corrected chi connectivity index (χ4v) is 5.70. The lowest BCUT2D eigenvalue weighted by Crippen LogP contribution is -2.46. The highest BCUT2D eigenvalue weighted by molar-refractivity contribution is 5.42. The number of rotatable bonds is 9. The van der Waals surface area contributed by atoms with Gasteiger partial charge in [0, 0.05) is 41.4 Å². The molecule has 0 unspecified atom stereocenters. The Labute approximate surface area is 205 Å². The van der Waals surface area contributed by atoms with Crippen LogP contribution in [0.5, 0.6) is 5.75 Å². The number of nitrogens with one attached hydrogen (secondary N) is 2. The van der Waals surface area contributed by atoms with Gasteiger partial charge >= 0.3 is 0 Å². The van der Waals surface area contributed by atoms with Gasteiger partial charge in [-0.3, -0.25) is 0 Å². The lowest BCUT2D eigenvalue weighted by molar-refractivity contribution is 0.108. The molecule has 1 aromatic carbocycles. The second-order valence-electron chi connectivity index (χ2n) is 10.2. The zero-order valence-corrected chi connectivity index (χ0v) is 20.1. The highest BCUT2D eigenvalue weighted by Gasteiger charge is 2.41. The molecule has 2 saturated heterocycles. The fraction of sp³-hybridized carbons (Fsp3) is 0.593. The number of piperidine rings is 2. The van der Waals surface area contributed by atoms with E-state index in [-0.39, 0.29) is 29.9 Å². The summed E-state index contributed by atoms with van der Waals surface area (Å²) >= 11 is 0. The second kappa shape index (κ2) is 11.3. The number of benzene rings is 1. The number of pyridine rings is 1. The lowest BCUT2D eigenvalue weighted by atomic mass is 9.91. The van der Waals surface area contributed by atoms with Crippen molar-refractivity contribution in [2.24, 2.45) is 5.92 Å². The summed E-state index contributed by atoms with van der Waals surface area (Å²) in [7, 11) is 0. The summed E-state index contributed by atoms with van der Waals surface area (Å²) in [5.41, 5.74) is 0.749. The van der Waals surface area contributed by atoms with Crippen LogP contribution in [0.25, 0.3) is 0 Å². The standard InChI is InChI=1S/C27H35F3N4O/c28-20-14-23(26(24(29)15-20)35-17-19-2-1-8-33-27(19)30)22-16-25(22)32-11-3-18-6-12-34(13-7-18)21-4-9-31-10-5-21/h1-2,8,14-15,18,21-22,25,31-32H,3-7,9-13,16-17H2/t22-,25+/m0/s1. The van der Waals surface area contributed by atoms with Gasteiger partial charge in [-0.15, -0.1) is 0 Å². The Morgan fingerprint density at radius 2 is 1.89 bits per heavy atom.